The summed E-state index contributed by atoms with van der Waals surface area (Å²) in [6.07, 6.45) is 0.0963. The lowest BCUT2D eigenvalue weighted by molar-refractivity contribution is 0.560. The van der Waals surface area contributed by atoms with Crippen LogP contribution in [0.1, 0.15) is 11.3 Å². The van der Waals surface area contributed by atoms with Gasteiger partial charge < -0.3 is 0 Å². The van der Waals surface area contributed by atoms with Gasteiger partial charge in [0.25, 0.3) is 0 Å². The Labute approximate surface area is 96.7 Å². The highest BCUT2D eigenvalue weighted by atomic mass is 35.5. The minimum atomic E-state index is -0.568. The van der Waals surface area contributed by atoms with Crippen LogP contribution in [0.5, 0.6) is 0 Å². The van der Waals surface area contributed by atoms with Gasteiger partial charge in [-0.25, -0.2) is 13.8 Å². The van der Waals surface area contributed by atoms with E-state index in [-0.39, 0.29) is 12.0 Å². The summed E-state index contributed by atoms with van der Waals surface area (Å²) in [5.74, 6) is -1.14. The molecule has 2 rings (SSSR count). The van der Waals surface area contributed by atoms with Gasteiger partial charge in [0.15, 0.2) is 0 Å². The molecule has 82 valence electrons. The second-order valence-corrected chi connectivity index (χ2v) is 3.72. The average molecular weight is 240 g/mol. The van der Waals surface area contributed by atoms with E-state index in [4.69, 9.17) is 11.6 Å². The highest BCUT2D eigenvalue weighted by Crippen LogP contribution is 2.16. The number of benzene rings is 1. The van der Waals surface area contributed by atoms with Crippen molar-refractivity contribution in [1.29, 1.82) is 0 Å². The first-order valence-electron chi connectivity index (χ1n) is 4.71. The van der Waals surface area contributed by atoms with Crippen LogP contribution in [-0.4, -0.2) is 4.98 Å². The Balaban J connectivity index is 2.34. The van der Waals surface area contributed by atoms with Crippen LogP contribution >= 0.6 is 11.6 Å². The maximum atomic E-state index is 13.3. The van der Waals surface area contributed by atoms with E-state index in [1.54, 1.807) is 18.2 Å². The third-order valence-electron chi connectivity index (χ3n) is 2.19. The Morgan fingerprint density at radius 2 is 1.62 bits per heavy atom. The molecular weight excluding hydrogens is 232 g/mol. The van der Waals surface area contributed by atoms with Crippen molar-refractivity contribution in [2.45, 2.75) is 6.42 Å². The van der Waals surface area contributed by atoms with E-state index in [2.05, 4.69) is 4.98 Å². The molecule has 0 N–H and O–H groups in total. The lowest BCUT2D eigenvalue weighted by atomic mass is 10.1. The predicted molar refractivity (Wildman–Crippen MR) is 58.4 cm³/mol. The van der Waals surface area contributed by atoms with Crippen LogP contribution in [0.4, 0.5) is 8.78 Å². The molecule has 0 aliphatic heterocycles. The molecule has 1 heterocycles. The summed E-state index contributed by atoms with van der Waals surface area (Å²) in [6, 6.07) is 8.77. The summed E-state index contributed by atoms with van der Waals surface area (Å²) < 4.78 is 26.7. The van der Waals surface area contributed by atoms with Crippen LogP contribution in [-0.2, 0) is 6.42 Å². The molecule has 0 radical (unpaired) electrons. The summed E-state index contributed by atoms with van der Waals surface area (Å²) in [5.41, 5.74) is 0.550. The Kier molecular flexibility index (Phi) is 3.15. The van der Waals surface area contributed by atoms with Gasteiger partial charge in [-0.15, -0.1) is 0 Å². The van der Waals surface area contributed by atoms with Crippen molar-refractivity contribution in [3.05, 3.63) is 64.4 Å². The molecule has 0 aliphatic carbocycles. The number of halogens is 3. The third-order valence-corrected chi connectivity index (χ3v) is 2.40. The molecule has 0 amide bonds. The van der Waals surface area contributed by atoms with Crippen LogP contribution in [0.25, 0.3) is 0 Å². The fourth-order valence-corrected chi connectivity index (χ4v) is 1.61. The topological polar surface area (TPSA) is 12.9 Å². The van der Waals surface area contributed by atoms with Gasteiger partial charge in [0.05, 0.1) is 0 Å². The van der Waals surface area contributed by atoms with E-state index >= 15 is 0 Å². The van der Waals surface area contributed by atoms with Gasteiger partial charge in [-0.3, -0.25) is 0 Å². The minimum Gasteiger partial charge on any atom is -0.241 e. The molecule has 0 unspecified atom stereocenters. The van der Waals surface area contributed by atoms with Crippen molar-refractivity contribution in [1.82, 2.24) is 4.98 Å². The Morgan fingerprint density at radius 1 is 1.00 bits per heavy atom. The first kappa shape index (κ1) is 11.0. The molecule has 0 atom stereocenters. The van der Waals surface area contributed by atoms with Gasteiger partial charge in [0.1, 0.15) is 16.8 Å². The van der Waals surface area contributed by atoms with Gasteiger partial charge in [-0.2, -0.15) is 0 Å². The zero-order chi connectivity index (χ0) is 11.5. The van der Waals surface area contributed by atoms with Crippen molar-refractivity contribution in [3.63, 3.8) is 0 Å². The quantitative estimate of drug-likeness (QED) is 0.730. The maximum Gasteiger partial charge on any atom is 0.129 e. The molecule has 0 aliphatic rings. The van der Waals surface area contributed by atoms with E-state index in [1.807, 2.05) is 0 Å². The summed E-state index contributed by atoms with van der Waals surface area (Å²) in [4.78, 5) is 3.98. The molecule has 0 saturated carbocycles. The van der Waals surface area contributed by atoms with Crippen molar-refractivity contribution in [2.75, 3.05) is 0 Å². The first-order valence-corrected chi connectivity index (χ1v) is 5.09. The molecule has 16 heavy (non-hydrogen) atoms. The molecule has 0 fully saturated rings. The number of pyridine rings is 1. The Bertz CT molecular complexity index is 494. The maximum absolute atomic E-state index is 13.3. The lowest BCUT2D eigenvalue weighted by Gasteiger charge is -2.04. The smallest absolute Gasteiger partial charge is 0.129 e. The van der Waals surface area contributed by atoms with Crippen LogP contribution < -0.4 is 0 Å². The SMILES string of the molecule is Fc1cccc(F)c1Cc1cccc(Cl)n1. The first-order chi connectivity index (χ1) is 7.66. The molecule has 1 aromatic heterocycles. The molecule has 2 aromatic rings. The zero-order valence-corrected chi connectivity index (χ0v) is 9.01. The molecule has 1 aromatic carbocycles. The fourth-order valence-electron chi connectivity index (χ4n) is 1.43. The number of nitrogens with zero attached hydrogens (tertiary/aromatic N) is 1. The van der Waals surface area contributed by atoms with Gasteiger partial charge in [0, 0.05) is 17.7 Å². The monoisotopic (exact) mass is 239 g/mol. The van der Waals surface area contributed by atoms with Crippen molar-refractivity contribution >= 4 is 11.6 Å². The summed E-state index contributed by atoms with van der Waals surface area (Å²) in [5, 5.41) is 0.314. The molecule has 0 spiro atoms. The zero-order valence-electron chi connectivity index (χ0n) is 8.25. The highest BCUT2D eigenvalue weighted by Gasteiger charge is 2.09. The number of hydrogen-bond acceptors (Lipinski definition) is 1. The highest BCUT2D eigenvalue weighted by molar-refractivity contribution is 6.29. The van der Waals surface area contributed by atoms with Crippen LogP contribution in [0.3, 0.4) is 0 Å². The molecule has 4 heteroatoms. The van der Waals surface area contributed by atoms with Crippen LogP contribution in [0, 0.1) is 11.6 Å². The third kappa shape index (κ3) is 2.36. The lowest BCUT2D eigenvalue weighted by Crippen LogP contribution is -1.98. The number of rotatable bonds is 2. The molecule has 0 bridgehead atoms. The van der Waals surface area contributed by atoms with E-state index in [0.717, 1.165) is 0 Å². The van der Waals surface area contributed by atoms with Crippen molar-refractivity contribution in [2.24, 2.45) is 0 Å². The second kappa shape index (κ2) is 4.58. The largest absolute Gasteiger partial charge is 0.241 e. The molecule has 1 nitrogen and oxygen atoms in total. The van der Waals surface area contributed by atoms with Gasteiger partial charge in [0.2, 0.25) is 0 Å². The minimum absolute atomic E-state index is 0.0114. The van der Waals surface area contributed by atoms with E-state index < -0.39 is 11.6 Å². The van der Waals surface area contributed by atoms with Crippen molar-refractivity contribution < 1.29 is 8.78 Å². The molecular formula is C12H8ClF2N. The summed E-state index contributed by atoms with van der Waals surface area (Å²) in [6.45, 7) is 0. The van der Waals surface area contributed by atoms with Crippen molar-refractivity contribution in [3.8, 4) is 0 Å². The van der Waals surface area contributed by atoms with Gasteiger partial charge in [-0.1, -0.05) is 23.7 Å². The molecule has 0 saturated heterocycles. The van der Waals surface area contributed by atoms with Crippen LogP contribution in [0.2, 0.25) is 5.15 Å². The van der Waals surface area contributed by atoms with Gasteiger partial charge in [-0.05, 0) is 24.3 Å². The Morgan fingerprint density at radius 3 is 2.25 bits per heavy atom. The average Bonchev–Trinajstić information content (AvgIpc) is 2.24. The summed E-state index contributed by atoms with van der Waals surface area (Å²) >= 11 is 5.69. The van der Waals surface area contributed by atoms with E-state index in [9.17, 15) is 8.78 Å². The fraction of sp³-hybridized carbons (Fsp3) is 0.0833. The second-order valence-electron chi connectivity index (χ2n) is 3.33. The Hall–Kier alpha value is -1.48. The van der Waals surface area contributed by atoms with E-state index in [0.29, 0.717) is 10.8 Å². The number of hydrogen-bond donors (Lipinski definition) is 0. The normalized spacial score (nSPS) is 10.4. The standard InChI is InChI=1S/C12H8ClF2N/c13-12-6-1-3-8(16-12)7-9-10(14)4-2-5-11(9)15/h1-6H,7H2. The summed E-state index contributed by atoms with van der Waals surface area (Å²) in [7, 11) is 0. The van der Waals surface area contributed by atoms with E-state index in [1.165, 1.54) is 18.2 Å². The van der Waals surface area contributed by atoms with Gasteiger partial charge >= 0.3 is 0 Å². The van der Waals surface area contributed by atoms with Crippen LogP contribution in [0.15, 0.2) is 36.4 Å². The number of aromatic nitrogens is 1. The predicted octanol–water partition coefficient (Wildman–Crippen LogP) is 3.60.